The Morgan fingerprint density at radius 3 is 2.75 bits per heavy atom. The Morgan fingerprint density at radius 1 is 1.22 bits per heavy atom. The first-order valence-corrected chi connectivity index (χ1v) is 9.21. The van der Waals surface area contributed by atoms with Crippen LogP contribution in [0.25, 0.3) is 22.3 Å². The number of hydrogen-bond donors (Lipinski definition) is 3. The van der Waals surface area contributed by atoms with Crippen LogP contribution in [0, 0.1) is 11.3 Å². The lowest BCUT2D eigenvalue weighted by Gasteiger charge is -2.10. The van der Waals surface area contributed by atoms with Gasteiger partial charge in [0.2, 0.25) is 5.95 Å². The van der Waals surface area contributed by atoms with Crippen LogP contribution >= 0.6 is 0 Å². The van der Waals surface area contributed by atoms with E-state index in [9.17, 15) is 23.5 Å². The van der Waals surface area contributed by atoms with Crippen molar-refractivity contribution in [3.63, 3.8) is 0 Å². The molecule has 0 spiro atoms. The van der Waals surface area contributed by atoms with Gasteiger partial charge in [-0.15, -0.1) is 0 Å². The Bertz CT molecular complexity index is 1340. The number of aromatic hydroxyl groups is 1. The Hall–Kier alpha value is -4.33. The van der Waals surface area contributed by atoms with Crippen molar-refractivity contribution in [2.45, 2.75) is 12.7 Å². The fraction of sp³-hybridized carbons (Fsp3) is 0.143. The van der Waals surface area contributed by atoms with E-state index in [1.807, 2.05) is 6.07 Å². The number of nitriles is 1. The molecule has 0 amide bonds. The van der Waals surface area contributed by atoms with Gasteiger partial charge >= 0.3 is 6.18 Å². The van der Waals surface area contributed by atoms with Gasteiger partial charge in [0.05, 0.1) is 30.1 Å². The van der Waals surface area contributed by atoms with Crippen LogP contribution < -0.4 is 10.1 Å². The van der Waals surface area contributed by atoms with E-state index in [0.29, 0.717) is 11.3 Å². The van der Waals surface area contributed by atoms with Gasteiger partial charge < -0.3 is 20.1 Å². The molecule has 0 unspecified atom stereocenters. The maximum atomic E-state index is 13.1. The number of fused-ring (bicyclic) bond motifs is 1. The minimum Gasteiger partial charge on any atom is -0.504 e. The molecule has 162 valence electrons. The first kappa shape index (κ1) is 20.9. The van der Waals surface area contributed by atoms with Crippen LogP contribution in [0.4, 0.5) is 19.1 Å². The summed E-state index contributed by atoms with van der Waals surface area (Å²) in [4.78, 5) is 15.1. The standard InChI is InChI=1S/C21H15F3N6O2/c1-32-17-4-11(2-3-16(17)31)7-28-20-29-8-12(6-25)18(30-20)15-10-27-19-14(15)5-13(9-26-19)21(22,23)24/h2-5,8-10,31H,7H2,1H3,(H,26,27)(H,28,29,30). The van der Waals surface area contributed by atoms with Gasteiger partial charge in [-0.05, 0) is 23.8 Å². The molecular formula is C21H15F3N6O2. The molecule has 0 fully saturated rings. The highest BCUT2D eigenvalue weighted by Gasteiger charge is 2.31. The highest BCUT2D eigenvalue weighted by atomic mass is 19.4. The molecule has 0 aliphatic heterocycles. The third kappa shape index (κ3) is 3.98. The van der Waals surface area contributed by atoms with E-state index in [4.69, 9.17) is 4.74 Å². The Labute approximate surface area is 179 Å². The lowest BCUT2D eigenvalue weighted by molar-refractivity contribution is -0.137. The van der Waals surface area contributed by atoms with Crippen molar-refractivity contribution in [2.24, 2.45) is 0 Å². The van der Waals surface area contributed by atoms with Gasteiger partial charge in [0, 0.05) is 29.9 Å². The molecule has 0 saturated carbocycles. The van der Waals surface area contributed by atoms with Crippen LogP contribution in [-0.4, -0.2) is 32.2 Å². The number of nitrogens with zero attached hydrogens (tertiary/aromatic N) is 4. The average Bonchev–Trinajstić information content (AvgIpc) is 3.21. The molecule has 3 heterocycles. The van der Waals surface area contributed by atoms with E-state index >= 15 is 0 Å². The number of pyridine rings is 1. The summed E-state index contributed by atoms with van der Waals surface area (Å²) in [5, 5.41) is 22.3. The summed E-state index contributed by atoms with van der Waals surface area (Å²) in [6.07, 6.45) is -1.07. The summed E-state index contributed by atoms with van der Waals surface area (Å²) < 4.78 is 44.5. The molecule has 4 rings (SSSR count). The van der Waals surface area contributed by atoms with Gasteiger partial charge in [0.1, 0.15) is 11.7 Å². The summed E-state index contributed by atoms with van der Waals surface area (Å²) in [5.74, 6) is 0.470. The smallest absolute Gasteiger partial charge is 0.417 e. The number of methoxy groups -OCH3 is 1. The molecule has 0 radical (unpaired) electrons. The number of H-pyrrole nitrogens is 1. The lowest BCUT2D eigenvalue weighted by Crippen LogP contribution is -2.06. The Balaban J connectivity index is 1.69. The van der Waals surface area contributed by atoms with Crippen LogP contribution in [0.1, 0.15) is 16.7 Å². The molecule has 0 bridgehead atoms. The Morgan fingerprint density at radius 2 is 2.03 bits per heavy atom. The molecule has 0 aliphatic rings. The van der Waals surface area contributed by atoms with Crippen LogP contribution in [0.15, 0.2) is 42.9 Å². The molecule has 3 N–H and O–H groups in total. The summed E-state index contributed by atoms with van der Waals surface area (Å²) in [6, 6.07) is 7.73. The number of rotatable bonds is 5. The van der Waals surface area contributed by atoms with Crippen molar-refractivity contribution in [3.05, 3.63) is 59.5 Å². The van der Waals surface area contributed by atoms with E-state index in [0.717, 1.165) is 17.8 Å². The zero-order valence-corrected chi connectivity index (χ0v) is 16.5. The topological polar surface area (TPSA) is 120 Å². The number of alkyl halides is 3. The number of nitrogens with one attached hydrogen (secondary N) is 2. The van der Waals surface area contributed by atoms with Crippen molar-refractivity contribution in [3.8, 4) is 28.8 Å². The van der Waals surface area contributed by atoms with Gasteiger partial charge in [0.15, 0.2) is 11.5 Å². The molecule has 0 atom stereocenters. The van der Waals surface area contributed by atoms with E-state index < -0.39 is 11.7 Å². The van der Waals surface area contributed by atoms with Crippen LogP contribution in [-0.2, 0) is 12.7 Å². The van der Waals surface area contributed by atoms with Gasteiger partial charge in [-0.3, -0.25) is 0 Å². The second kappa shape index (κ2) is 8.07. The molecule has 1 aromatic carbocycles. The maximum Gasteiger partial charge on any atom is 0.417 e. The fourth-order valence-electron chi connectivity index (χ4n) is 3.12. The summed E-state index contributed by atoms with van der Waals surface area (Å²) in [5.41, 5.74) is 0.659. The quantitative estimate of drug-likeness (QED) is 0.425. The number of phenolic OH excluding ortho intramolecular Hbond substituents is 1. The number of hydrogen-bond acceptors (Lipinski definition) is 7. The van der Waals surface area contributed by atoms with Crippen molar-refractivity contribution in [1.82, 2.24) is 19.9 Å². The number of benzene rings is 1. The predicted octanol–water partition coefficient (Wildman–Crippen LogP) is 4.24. The number of ether oxygens (including phenoxy) is 1. The SMILES string of the molecule is COc1cc(CNc2ncc(C#N)c(-c3c[nH]c4ncc(C(F)(F)F)cc34)n2)ccc1O. The summed E-state index contributed by atoms with van der Waals surface area (Å²) in [6.45, 7) is 0.273. The lowest BCUT2D eigenvalue weighted by atomic mass is 10.1. The van der Waals surface area contributed by atoms with Gasteiger partial charge in [-0.2, -0.15) is 18.4 Å². The number of aromatic amines is 1. The van der Waals surface area contributed by atoms with Crippen molar-refractivity contribution < 1.29 is 23.0 Å². The molecule has 0 saturated heterocycles. The van der Waals surface area contributed by atoms with Crippen molar-refractivity contribution in [2.75, 3.05) is 12.4 Å². The molecule has 3 aromatic heterocycles. The number of anilines is 1. The van der Waals surface area contributed by atoms with E-state index in [-0.39, 0.29) is 40.5 Å². The number of aromatic nitrogens is 4. The minimum atomic E-state index is -4.56. The van der Waals surface area contributed by atoms with Crippen LogP contribution in [0.3, 0.4) is 0 Å². The first-order valence-electron chi connectivity index (χ1n) is 9.21. The average molecular weight is 440 g/mol. The number of phenols is 1. The molecule has 32 heavy (non-hydrogen) atoms. The van der Waals surface area contributed by atoms with Crippen LogP contribution in [0.5, 0.6) is 11.5 Å². The maximum absolute atomic E-state index is 13.1. The second-order valence-electron chi connectivity index (χ2n) is 6.75. The van der Waals surface area contributed by atoms with Crippen LogP contribution in [0.2, 0.25) is 0 Å². The first-order chi connectivity index (χ1) is 15.3. The number of halogens is 3. The van der Waals surface area contributed by atoms with Gasteiger partial charge in [0.25, 0.3) is 0 Å². The van der Waals surface area contributed by atoms with Crippen molar-refractivity contribution in [1.29, 1.82) is 5.26 Å². The molecule has 0 aliphatic carbocycles. The monoisotopic (exact) mass is 440 g/mol. The zero-order valence-electron chi connectivity index (χ0n) is 16.5. The minimum absolute atomic E-state index is 0.000620. The third-order valence-corrected chi connectivity index (χ3v) is 4.72. The highest BCUT2D eigenvalue weighted by molar-refractivity contribution is 5.94. The highest BCUT2D eigenvalue weighted by Crippen LogP contribution is 2.34. The second-order valence-corrected chi connectivity index (χ2v) is 6.75. The predicted molar refractivity (Wildman–Crippen MR) is 109 cm³/mol. The Kier molecular flexibility index (Phi) is 5.28. The molecule has 11 heteroatoms. The molecular weight excluding hydrogens is 425 g/mol. The largest absolute Gasteiger partial charge is 0.504 e. The third-order valence-electron chi connectivity index (χ3n) is 4.72. The van der Waals surface area contributed by atoms with E-state index in [1.165, 1.54) is 25.6 Å². The molecule has 4 aromatic rings. The molecule has 8 nitrogen and oxygen atoms in total. The van der Waals surface area contributed by atoms with Gasteiger partial charge in [-0.1, -0.05) is 6.07 Å². The van der Waals surface area contributed by atoms with E-state index in [2.05, 4.69) is 25.3 Å². The van der Waals surface area contributed by atoms with Gasteiger partial charge in [-0.25, -0.2) is 15.0 Å². The summed E-state index contributed by atoms with van der Waals surface area (Å²) in [7, 11) is 1.43. The van der Waals surface area contributed by atoms with Crippen molar-refractivity contribution >= 4 is 17.0 Å². The normalized spacial score (nSPS) is 11.3. The summed E-state index contributed by atoms with van der Waals surface area (Å²) >= 11 is 0. The zero-order chi connectivity index (χ0) is 22.9. The van der Waals surface area contributed by atoms with E-state index in [1.54, 1.807) is 12.1 Å². The fourth-order valence-corrected chi connectivity index (χ4v) is 3.12.